The molecular weight excluding hydrogens is 336 g/mol. The fraction of sp³-hybridized carbons (Fsp3) is 0.105. The highest BCUT2D eigenvalue weighted by Crippen LogP contribution is 2.31. The Balaban J connectivity index is 1.98. The maximum absolute atomic E-state index is 12.9. The van der Waals surface area contributed by atoms with Crippen LogP contribution in [0.15, 0.2) is 60.9 Å². The molecule has 6 heteroatoms. The van der Waals surface area contributed by atoms with Crippen LogP contribution in [0.4, 0.5) is 11.5 Å². The van der Waals surface area contributed by atoms with Crippen molar-refractivity contribution in [2.75, 3.05) is 24.3 Å². The van der Waals surface area contributed by atoms with E-state index in [9.17, 15) is 4.79 Å². The minimum atomic E-state index is -0.160. The molecule has 0 unspecified atom stereocenters. The average Bonchev–Trinajstić information content (AvgIpc) is 2.68. The van der Waals surface area contributed by atoms with Crippen molar-refractivity contribution in [1.29, 1.82) is 0 Å². The van der Waals surface area contributed by atoms with Crippen molar-refractivity contribution in [2.24, 2.45) is 0 Å². The number of nitrogens with one attached hydrogen (secondary N) is 1. The van der Waals surface area contributed by atoms with Gasteiger partial charge < -0.3 is 10.2 Å². The van der Waals surface area contributed by atoms with Gasteiger partial charge >= 0.3 is 0 Å². The number of carbonyl (C=O) groups excluding carboxylic acids is 1. The Morgan fingerprint density at radius 2 is 1.88 bits per heavy atom. The number of hydrogen-bond acceptors (Lipinski definition) is 4. The number of nitrogens with zero attached hydrogens (tertiary/aromatic N) is 3. The minimum absolute atomic E-state index is 0.160. The molecule has 1 N–H and O–H groups in total. The Labute approximate surface area is 151 Å². The second kappa shape index (κ2) is 7.32. The molecule has 0 saturated heterocycles. The Kier molecular flexibility index (Phi) is 4.95. The van der Waals surface area contributed by atoms with E-state index in [1.165, 1.54) is 0 Å². The van der Waals surface area contributed by atoms with Crippen LogP contribution < -0.4 is 10.2 Å². The predicted octanol–water partition coefficient (Wildman–Crippen LogP) is 4.12. The van der Waals surface area contributed by atoms with Gasteiger partial charge in [0.15, 0.2) is 0 Å². The quantitative estimate of drug-likeness (QED) is 0.767. The van der Waals surface area contributed by atoms with E-state index >= 15 is 0 Å². The third-order valence-corrected chi connectivity index (χ3v) is 4.19. The molecular formula is C19H17ClN4O. The van der Waals surface area contributed by atoms with Gasteiger partial charge in [0.1, 0.15) is 5.82 Å². The molecule has 0 bridgehead atoms. The first kappa shape index (κ1) is 16.9. The molecule has 3 aromatic rings. The van der Waals surface area contributed by atoms with Crippen LogP contribution in [-0.4, -0.2) is 30.0 Å². The molecule has 1 aromatic carbocycles. The number of carbonyl (C=O) groups is 1. The lowest BCUT2D eigenvalue weighted by atomic mass is 10.1. The van der Waals surface area contributed by atoms with Crippen molar-refractivity contribution in [3.05, 3.63) is 71.5 Å². The first-order valence-electron chi connectivity index (χ1n) is 7.73. The Hall–Kier alpha value is -2.92. The van der Waals surface area contributed by atoms with Crippen LogP contribution in [0.5, 0.6) is 0 Å². The molecule has 5 nitrogen and oxygen atoms in total. The lowest BCUT2D eigenvalue weighted by Gasteiger charge is -2.20. The zero-order valence-electron chi connectivity index (χ0n) is 13.9. The fourth-order valence-electron chi connectivity index (χ4n) is 2.52. The number of hydrogen-bond donors (Lipinski definition) is 1. The molecule has 0 radical (unpaired) electrons. The number of amides is 1. The van der Waals surface area contributed by atoms with Crippen molar-refractivity contribution in [1.82, 2.24) is 9.97 Å². The van der Waals surface area contributed by atoms with Gasteiger partial charge in [0.25, 0.3) is 5.91 Å². The summed E-state index contributed by atoms with van der Waals surface area (Å²) in [6.45, 7) is 0. The minimum Gasteiger partial charge on any atom is -0.372 e. The molecule has 0 atom stereocenters. The second-order valence-electron chi connectivity index (χ2n) is 5.39. The van der Waals surface area contributed by atoms with E-state index in [1.807, 2.05) is 30.3 Å². The van der Waals surface area contributed by atoms with Crippen molar-refractivity contribution < 1.29 is 4.79 Å². The average molecular weight is 353 g/mol. The normalized spacial score (nSPS) is 10.4. The zero-order valence-corrected chi connectivity index (χ0v) is 14.7. The molecule has 1 amide bonds. The van der Waals surface area contributed by atoms with Gasteiger partial charge in [-0.25, -0.2) is 4.98 Å². The molecule has 3 rings (SSSR count). The summed E-state index contributed by atoms with van der Waals surface area (Å²) in [5.74, 6) is 0.380. The molecule has 0 fully saturated rings. The van der Waals surface area contributed by atoms with Crippen molar-refractivity contribution >= 4 is 29.0 Å². The van der Waals surface area contributed by atoms with Crippen LogP contribution >= 0.6 is 11.6 Å². The number of rotatable bonds is 4. The zero-order chi connectivity index (χ0) is 17.8. The van der Waals surface area contributed by atoms with Gasteiger partial charge in [0, 0.05) is 37.7 Å². The largest absolute Gasteiger partial charge is 0.372 e. The van der Waals surface area contributed by atoms with Crippen LogP contribution in [-0.2, 0) is 0 Å². The van der Waals surface area contributed by atoms with E-state index < -0.39 is 0 Å². The fourth-order valence-corrected chi connectivity index (χ4v) is 2.73. The van der Waals surface area contributed by atoms with Gasteiger partial charge in [-0.3, -0.25) is 9.78 Å². The van der Waals surface area contributed by atoms with Crippen molar-refractivity contribution in [3.63, 3.8) is 0 Å². The van der Waals surface area contributed by atoms with Crippen LogP contribution in [0, 0.1) is 0 Å². The summed E-state index contributed by atoms with van der Waals surface area (Å²) in [5.41, 5.74) is 2.76. The maximum atomic E-state index is 12.9. The molecule has 2 heterocycles. The van der Waals surface area contributed by atoms with Gasteiger partial charge in [-0.15, -0.1) is 0 Å². The Morgan fingerprint density at radius 1 is 1.08 bits per heavy atom. The maximum Gasteiger partial charge on any atom is 0.261 e. The summed E-state index contributed by atoms with van der Waals surface area (Å²) >= 11 is 6.32. The highest BCUT2D eigenvalue weighted by atomic mass is 35.5. The van der Waals surface area contributed by atoms with E-state index in [4.69, 9.17) is 11.6 Å². The molecule has 25 heavy (non-hydrogen) atoms. The van der Waals surface area contributed by atoms with Crippen LogP contribution in [0.3, 0.4) is 0 Å². The topological polar surface area (TPSA) is 58.1 Å². The number of pyridine rings is 2. The smallest absolute Gasteiger partial charge is 0.261 e. The number of benzene rings is 1. The third-order valence-electron chi connectivity index (χ3n) is 3.86. The molecule has 0 aliphatic heterocycles. The monoisotopic (exact) mass is 352 g/mol. The lowest BCUT2D eigenvalue weighted by molar-refractivity contribution is 0.0993. The number of halogens is 1. The highest BCUT2D eigenvalue weighted by Gasteiger charge is 2.18. The number of aromatic nitrogens is 2. The van der Waals surface area contributed by atoms with Gasteiger partial charge in [0.2, 0.25) is 0 Å². The summed E-state index contributed by atoms with van der Waals surface area (Å²) in [6.07, 6.45) is 3.35. The standard InChI is InChI=1S/C19H17ClN4O/c1-21-18-14(6-5-11-23-18)19(25)24(2)13-8-9-16(20)15(12-13)17-7-3-4-10-22-17/h3-12H,1-2H3,(H,21,23). The van der Waals surface area contributed by atoms with Gasteiger partial charge in [-0.2, -0.15) is 0 Å². The third kappa shape index (κ3) is 3.46. The lowest BCUT2D eigenvalue weighted by Crippen LogP contribution is -2.27. The summed E-state index contributed by atoms with van der Waals surface area (Å²) in [7, 11) is 3.46. The van der Waals surface area contributed by atoms with E-state index in [0.29, 0.717) is 16.4 Å². The molecule has 126 valence electrons. The first-order chi connectivity index (χ1) is 12.1. The molecule has 0 saturated carbocycles. The summed E-state index contributed by atoms with van der Waals surface area (Å²) in [5, 5.41) is 3.52. The number of anilines is 2. The first-order valence-corrected chi connectivity index (χ1v) is 8.11. The van der Waals surface area contributed by atoms with E-state index in [2.05, 4.69) is 15.3 Å². The van der Waals surface area contributed by atoms with Crippen molar-refractivity contribution in [3.8, 4) is 11.3 Å². The molecule has 0 spiro atoms. The molecule has 2 aromatic heterocycles. The highest BCUT2D eigenvalue weighted by molar-refractivity contribution is 6.33. The van der Waals surface area contributed by atoms with E-state index in [-0.39, 0.29) is 5.91 Å². The van der Waals surface area contributed by atoms with Crippen LogP contribution in [0.2, 0.25) is 5.02 Å². The Bertz CT molecular complexity index is 899. The van der Waals surface area contributed by atoms with Crippen LogP contribution in [0.25, 0.3) is 11.3 Å². The molecule has 0 aliphatic rings. The van der Waals surface area contributed by atoms with Gasteiger partial charge in [-0.05, 0) is 42.5 Å². The summed E-state index contributed by atoms with van der Waals surface area (Å²) < 4.78 is 0. The van der Waals surface area contributed by atoms with Gasteiger partial charge in [-0.1, -0.05) is 17.7 Å². The van der Waals surface area contributed by atoms with E-state index in [0.717, 1.165) is 16.9 Å². The molecule has 0 aliphatic carbocycles. The van der Waals surface area contributed by atoms with E-state index in [1.54, 1.807) is 49.6 Å². The van der Waals surface area contributed by atoms with Gasteiger partial charge in [0.05, 0.1) is 16.3 Å². The predicted molar refractivity (Wildman–Crippen MR) is 101 cm³/mol. The summed E-state index contributed by atoms with van der Waals surface area (Å²) in [6, 6.07) is 14.5. The SMILES string of the molecule is CNc1ncccc1C(=O)N(C)c1ccc(Cl)c(-c2ccccn2)c1. The van der Waals surface area contributed by atoms with Crippen molar-refractivity contribution in [2.45, 2.75) is 0 Å². The second-order valence-corrected chi connectivity index (χ2v) is 5.80. The Morgan fingerprint density at radius 3 is 2.60 bits per heavy atom. The summed E-state index contributed by atoms with van der Waals surface area (Å²) in [4.78, 5) is 22.9. The van der Waals surface area contributed by atoms with Crippen LogP contribution in [0.1, 0.15) is 10.4 Å².